The molecule has 2 atom stereocenters. The maximum Gasteiger partial charge on any atom is 0.342 e. The van der Waals surface area contributed by atoms with Crippen LogP contribution in [0, 0.1) is 0 Å². The van der Waals surface area contributed by atoms with Crippen LogP contribution >= 0.6 is 0 Å². The standard InChI is InChI=1S/C31H31N5O3/c37-28-13-14-35(31(39)32-28)36-18-24-15-21(11-12-27(24)30(36)38)17-34-25-16-26(34)20-33(19-25)29(22-7-3-1-4-8-22)23-9-5-2-6-10-23/h1-12,15,25-26,29H,13-14,16-20H2,(H,32,37,39). The summed E-state index contributed by atoms with van der Waals surface area (Å²) in [6.45, 7) is 3.46. The Morgan fingerprint density at radius 2 is 1.49 bits per heavy atom. The average Bonchev–Trinajstić information content (AvgIpc) is 3.28. The number of imide groups is 1. The van der Waals surface area contributed by atoms with Gasteiger partial charge < -0.3 is 0 Å². The number of piperazine rings is 1. The van der Waals surface area contributed by atoms with Gasteiger partial charge in [0.05, 0.1) is 19.1 Å². The lowest BCUT2D eigenvalue weighted by atomic mass is 9.84. The van der Waals surface area contributed by atoms with Crippen molar-refractivity contribution in [1.29, 1.82) is 0 Å². The number of urea groups is 1. The van der Waals surface area contributed by atoms with Crippen molar-refractivity contribution in [2.75, 3.05) is 19.6 Å². The molecule has 0 saturated carbocycles. The van der Waals surface area contributed by atoms with E-state index in [9.17, 15) is 14.4 Å². The van der Waals surface area contributed by atoms with Gasteiger partial charge in [0.25, 0.3) is 5.91 Å². The second-order valence-electron chi connectivity index (χ2n) is 11.0. The van der Waals surface area contributed by atoms with Crippen LogP contribution in [-0.4, -0.2) is 69.4 Å². The maximum atomic E-state index is 13.0. The molecule has 4 amide bonds. The fourth-order valence-corrected chi connectivity index (χ4v) is 6.72. The van der Waals surface area contributed by atoms with Crippen LogP contribution in [0.2, 0.25) is 0 Å². The minimum absolute atomic E-state index is 0.189. The van der Waals surface area contributed by atoms with Crippen molar-refractivity contribution in [3.8, 4) is 0 Å². The summed E-state index contributed by atoms with van der Waals surface area (Å²) in [5, 5.41) is 5.12. The predicted octanol–water partition coefficient (Wildman–Crippen LogP) is 3.55. The van der Waals surface area contributed by atoms with Crippen LogP contribution in [0.1, 0.15) is 51.5 Å². The third-order valence-electron chi connectivity index (χ3n) is 8.61. The number of carbonyl (C=O) groups excluding carboxylic acids is 3. The van der Waals surface area contributed by atoms with Crippen LogP contribution in [0.4, 0.5) is 4.79 Å². The van der Waals surface area contributed by atoms with Crippen molar-refractivity contribution < 1.29 is 14.4 Å². The quantitative estimate of drug-likeness (QED) is 0.537. The van der Waals surface area contributed by atoms with E-state index in [0.717, 1.165) is 25.2 Å². The molecule has 0 spiro atoms. The molecular weight excluding hydrogens is 490 g/mol. The van der Waals surface area contributed by atoms with Crippen LogP contribution in [0.15, 0.2) is 78.9 Å². The molecule has 3 aromatic carbocycles. The van der Waals surface area contributed by atoms with Gasteiger partial charge in [-0.1, -0.05) is 72.8 Å². The normalized spacial score (nSPS) is 23.2. The summed E-state index contributed by atoms with van der Waals surface area (Å²) >= 11 is 0. The first-order chi connectivity index (χ1) is 19.0. The average molecular weight is 522 g/mol. The smallest absolute Gasteiger partial charge is 0.291 e. The van der Waals surface area contributed by atoms with Gasteiger partial charge in [-0.15, -0.1) is 0 Å². The largest absolute Gasteiger partial charge is 0.342 e. The topological polar surface area (TPSA) is 76.2 Å². The molecule has 8 heteroatoms. The Hall–Kier alpha value is -4.01. The lowest BCUT2D eigenvalue weighted by molar-refractivity contribution is -0.123. The summed E-state index contributed by atoms with van der Waals surface area (Å²) < 4.78 is 0. The number of piperidine rings is 1. The Balaban J connectivity index is 1.05. The first-order valence-electron chi connectivity index (χ1n) is 13.7. The monoisotopic (exact) mass is 521 g/mol. The van der Waals surface area contributed by atoms with Crippen molar-refractivity contribution >= 4 is 17.8 Å². The van der Waals surface area contributed by atoms with Gasteiger partial charge in [-0.3, -0.25) is 24.7 Å². The number of hydrogen-bond acceptors (Lipinski definition) is 5. The minimum atomic E-state index is -0.533. The number of benzene rings is 3. The SMILES string of the molecule is O=C1CCN(N2Cc3cc(CN4C5CC4CN(C(c4ccccc4)c4ccccc4)C5)ccc3C2=O)C(=O)N1. The molecule has 0 aromatic heterocycles. The lowest BCUT2D eigenvalue weighted by Gasteiger charge is -2.58. The number of amides is 4. The third kappa shape index (κ3) is 4.30. The van der Waals surface area contributed by atoms with Crippen LogP contribution in [0.25, 0.3) is 0 Å². The molecule has 1 N–H and O–H groups in total. The Labute approximate surface area is 227 Å². The molecule has 0 radical (unpaired) electrons. The van der Waals surface area contributed by atoms with Crippen LogP contribution < -0.4 is 5.32 Å². The molecule has 5 aliphatic rings. The van der Waals surface area contributed by atoms with Crippen molar-refractivity contribution in [1.82, 2.24) is 25.1 Å². The Morgan fingerprint density at radius 3 is 2.13 bits per heavy atom. The van der Waals surface area contributed by atoms with Crippen LogP contribution in [0.3, 0.4) is 0 Å². The minimum Gasteiger partial charge on any atom is -0.291 e. The number of hydrazine groups is 1. The lowest BCUT2D eigenvalue weighted by Crippen LogP contribution is -2.68. The highest BCUT2D eigenvalue weighted by molar-refractivity contribution is 6.01. The van der Waals surface area contributed by atoms with Gasteiger partial charge in [-0.25, -0.2) is 14.8 Å². The van der Waals surface area contributed by atoms with Gasteiger partial charge in [-0.05, 0) is 34.7 Å². The summed E-state index contributed by atoms with van der Waals surface area (Å²) in [5.41, 5.74) is 5.41. The zero-order chi connectivity index (χ0) is 26.5. The van der Waals surface area contributed by atoms with Crippen molar-refractivity contribution in [3.63, 3.8) is 0 Å². The number of nitrogens with one attached hydrogen (secondary N) is 1. The van der Waals surface area contributed by atoms with E-state index in [1.165, 1.54) is 33.1 Å². The Kier molecular flexibility index (Phi) is 5.94. The highest BCUT2D eigenvalue weighted by atomic mass is 16.2. The molecule has 5 heterocycles. The predicted molar refractivity (Wildman–Crippen MR) is 145 cm³/mol. The first-order valence-corrected chi connectivity index (χ1v) is 13.7. The Morgan fingerprint density at radius 1 is 0.821 bits per heavy atom. The van der Waals surface area contributed by atoms with E-state index >= 15 is 0 Å². The number of rotatable bonds is 6. The molecule has 2 bridgehead atoms. The summed E-state index contributed by atoms with van der Waals surface area (Å²) in [4.78, 5) is 42.1. The van der Waals surface area contributed by atoms with E-state index in [0.29, 0.717) is 24.2 Å². The molecule has 2 unspecified atom stereocenters. The van der Waals surface area contributed by atoms with Gasteiger partial charge in [0.15, 0.2) is 0 Å². The molecule has 3 aromatic rings. The molecule has 4 saturated heterocycles. The molecule has 39 heavy (non-hydrogen) atoms. The second-order valence-corrected chi connectivity index (χ2v) is 11.0. The zero-order valence-corrected chi connectivity index (χ0v) is 21.7. The molecular formula is C31H31N5O3. The summed E-state index contributed by atoms with van der Waals surface area (Å²) in [6.07, 6.45) is 1.41. The van der Waals surface area contributed by atoms with Gasteiger partial charge in [0.2, 0.25) is 5.91 Å². The fraction of sp³-hybridized carbons (Fsp3) is 0.323. The zero-order valence-electron chi connectivity index (χ0n) is 21.7. The molecule has 4 fully saturated rings. The molecule has 0 aliphatic carbocycles. The van der Waals surface area contributed by atoms with Crippen LogP contribution in [-0.2, 0) is 17.9 Å². The van der Waals surface area contributed by atoms with E-state index in [1.54, 1.807) is 0 Å². The second kappa shape index (κ2) is 9.63. The number of carbonyl (C=O) groups is 3. The Bertz CT molecular complexity index is 1380. The van der Waals surface area contributed by atoms with E-state index in [4.69, 9.17) is 0 Å². The van der Waals surface area contributed by atoms with Crippen molar-refractivity contribution in [2.24, 2.45) is 0 Å². The van der Waals surface area contributed by atoms with E-state index in [-0.39, 0.29) is 30.8 Å². The number of nitrogens with zero attached hydrogens (tertiary/aromatic N) is 4. The first kappa shape index (κ1) is 24.1. The summed E-state index contributed by atoms with van der Waals surface area (Å²) in [5.74, 6) is -0.495. The summed E-state index contributed by atoms with van der Waals surface area (Å²) in [6, 6.07) is 28.3. The molecule has 8 nitrogen and oxygen atoms in total. The van der Waals surface area contributed by atoms with Gasteiger partial charge in [0.1, 0.15) is 0 Å². The third-order valence-corrected chi connectivity index (χ3v) is 8.61. The number of hydrogen-bond donors (Lipinski definition) is 1. The molecule has 5 aliphatic heterocycles. The van der Waals surface area contributed by atoms with Crippen LogP contribution in [0.5, 0.6) is 0 Å². The van der Waals surface area contributed by atoms with Crippen molar-refractivity contribution in [2.45, 2.75) is 44.1 Å². The molecule has 198 valence electrons. The fourth-order valence-electron chi connectivity index (χ4n) is 6.72. The van der Waals surface area contributed by atoms with E-state index < -0.39 is 6.03 Å². The molecule has 8 rings (SSSR count). The van der Waals surface area contributed by atoms with Gasteiger partial charge in [0, 0.05) is 43.7 Å². The summed E-state index contributed by atoms with van der Waals surface area (Å²) in [7, 11) is 0. The van der Waals surface area contributed by atoms with E-state index in [1.807, 2.05) is 12.1 Å². The van der Waals surface area contributed by atoms with Gasteiger partial charge >= 0.3 is 6.03 Å². The number of fused-ring (bicyclic) bond motifs is 3. The van der Waals surface area contributed by atoms with Crippen molar-refractivity contribution in [3.05, 3.63) is 107 Å². The van der Waals surface area contributed by atoms with E-state index in [2.05, 4.69) is 81.8 Å². The highest BCUT2D eigenvalue weighted by Gasteiger charge is 2.46. The van der Waals surface area contributed by atoms with Gasteiger partial charge in [-0.2, -0.15) is 0 Å². The highest BCUT2D eigenvalue weighted by Crippen LogP contribution is 2.40. The maximum absolute atomic E-state index is 13.0.